The standard InChI is InChI=1S/C18H19N5O/c1-24-14-9-5-8-13(10-14)15-11-16(12-6-3-2-4-7-12)23-18(20-15)21-17(19)22-23/h2-10,15-16H,11H2,1H3,(H3,19,20,21,22). The fraction of sp³-hybridized carbons (Fsp3) is 0.222. The number of nitrogen functional groups attached to an aromatic ring is 1. The largest absolute Gasteiger partial charge is 0.497 e. The van der Waals surface area contributed by atoms with Crippen LogP contribution in [0.15, 0.2) is 54.6 Å². The number of hydrogen-bond donors (Lipinski definition) is 2. The molecule has 24 heavy (non-hydrogen) atoms. The Bertz CT molecular complexity index is 846. The first kappa shape index (κ1) is 14.6. The minimum Gasteiger partial charge on any atom is -0.497 e. The van der Waals surface area contributed by atoms with E-state index in [1.807, 2.05) is 35.0 Å². The molecule has 0 saturated heterocycles. The Morgan fingerprint density at radius 2 is 1.92 bits per heavy atom. The van der Waals surface area contributed by atoms with Gasteiger partial charge in [0.2, 0.25) is 11.9 Å². The number of nitrogens with one attached hydrogen (secondary N) is 1. The van der Waals surface area contributed by atoms with Crippen LogP contribution in [0.25, 0.3) is 0 Å². The summed E-state index contributed by atoms with van der Waals surface area (Å²) in [7, 11) is 1.68. The Hall–Kier alpha value is -3.02. The van der Waals surface area contributed by atoms with Gasteiger partial charge in [-0.25, -0.2) is 4.68 Å². The summed E-state index contributed by atoms with van der Waals surface area (Å²) in [6.45, 7) is 0. The van der Waals surface area contributed by atoms with E-state index in [4.69, 9.17) is 10.5 Å². The van der Waals surface area contributed by atoms with Crippen LogP contribution >= 0.6 is 0 Å². The molecule has 0 bridgehead atoms. The van der Waals surface area contributed by atoms with Gasteiger partial charge in [-0.05, 0) is 29.7 Å². The highest BCUT2D eigenvalue weighted by atomic mass is 16.5. The van der Waals surface area contributed by atoms with Gasteiger partial charge in [-0.2, -0.15) is 4.98 Å². The lowest BCUT2D eigenvalue weighted by Gasteiger charge is -2.31. The average Bonchev–Trinajstić information content (AvgIpc) is 3.01. The molecule has 0 spiro atoms. The van der Waals surface area contributed by atoms with Crippen molar-refractivity contribution < 1.29 is 4.74 Å². The lowest BCUT2D eigenvalue weighted by Crippen LogP contribution is -2.28. The number of rotatable bonds is 3. The number of methoxy groups -OCH3 is 1. The second kappa shape index (κ2) is 5.88. The molecule has 3 N–H and O–H groups in total. The van der Waals surface area contributed by atoms with Crippen LogP contribution in [0.1, 0.15) is 29.6 Å². The first-order valence-corrected chi connectivity index (χ1v) is 7.92. The van der Waals surface area contributed by atoms with Gasteiger partial charge in [-0.1, -0.05) is 42.5 Å². The monoisotopic (exact) mass is 321 g/mol. The molecule has 122 valence electrons. The number of nitrogens with two attached hydrogens (primary N) is 1. The van der Waals surface area contributed by atoms with E-state index in [1.165, 1.54) is 5.56 Å². The summed E-state index contributed by atoms with van der Waals surface area (Å²) in [5.41, 5.74) is 8.17. The van der Waals surface area contributed by atoms with Crippen molar-refractivity contribution in [1.29, 1.82) is 0 Å². The quantitative estimate of drug-likeness (QED) is 0.775. The molecule has 1 aromatic heterocycles. The molecule has 0 amide bonds. The molecule has 2 unspecified atom stereocenters. The zero-order valence-corrected chi connectivity index (χ0v) is 13.4. The molecule has 6 nitrogen and oxygen atoms in total. The molecule has 1 aliphatic heterocycles. The van der Waals surface area contributed by atoms with Gasteiger partial charge < -0.3 is 15.8 Å². The summed E-state index contributed by atoms with van der Waals surface area (Å²) in [6.07, 6.45) is 0.854. The van der Waals surface area contributed by atoms with Gasteiger partial charge in [-0.15, -0.1) is 5.10 Å². The van der Waals surface area contributed by atoms with Crippen molar-refractivity contribution in [2.45, 2.75) is 18.5 Å². The summed E-state index contributed by atoms with van der Waals surface area (Å²) in [5.74, 6) is 1.82. The van der Waals surface area contributed by atoms with E-state index in [-0.39, 0.29) is 18.0 Å². The Balaban J connectivity index is 1.75. The topological polar surface area (TPSA) is 78.0 Å². The third-order valence-electron chi connectivity index (χ3n) is 4.39. The van der Waals surface area contributed by atoms with Gasteiger partial charge in [0.1, 0.15) is 5.75 Å². The lowest BCUT2D eigenvalue weighted by molar-refractivity contribution is 0.410. The fourth-order valence-corrected chi connectivity index (χ4v) is 3.22. The molecule has 0 radical (unpaired) electrons. The van der Waals surface area contributed by atoms with Crippen molar-refractivity contribution in [2.75, 3.05) is 18.2 Å². The van der Waals surface area contributed by atoms with Crippen LogP contribution in [-0.4, -0.2) is 21.9 Å². The van der Waals surface area contributed by atoms with Crippen molar-refractivity contribution in [3.05, 3.63) is 65.7 Å². The Kier molecular flexibility index (Phi) is 3.57. The van der Waals surface area contributed by atoms with Crippen LogP contribution in [-0.2, 0) is 0 Å². The summed E-state index contributed by atoms with van der Waals surface area (Å²) >= 11 is 0. The highest BCUT2D eigenvalue weighted by Crippen LogP contribution is 2.38. The highest BCUT2D eigenvalue weighted by Gasteiger charge is 2.30. The zero-order valence-electron chi connectivity index (χ0n) is 13.4. The fourth-order valence-electron chi connectivity index (χ4n) is 3.22. The minimum atomic E-state index is 0.0865. The SMILES string of the molecule is COc1cccc(C2CC(c3ccccc3)n3nc(N)nc3N2)c1. The molecule has 2 aromatic carbocycles. The van der Waals surface area contributed by atoms with E-state index in [0.29, 0.717) is 5.95 Å². The maximum atomic E-state index is 5.83. The number of ether oxygens (including phenoxy) is 1. The first-order valence-electron chi connectivity index (χ1n) is 7.92. The molecule has 6 heteroatoms. The molecule has 0 saturated carbocycles. The minimum absolute atomic E-state index is 0.0865. The van der Waals surface area contributed by atoms with Crippen molar-refractivity contribution >= 4 is 11.9 Å². The van der Waals surface area contributed by atoms with Crippen LogP contribution in [0.3, 0.4) is 0 Å². The predicted octanol–water partition coefficient (Wildman–Crippen LogP) is 3.02. The maximum absolute atomic E-state index is 5.83. The summed E-state index contributed by atoms with van der Waals surface area (Å²) < 4.78 is 7.23. The number of aromatic nitrogens is 3. The van der Waals surface area contributed by atoms with Gasteiger partial charge in [0.05, 0.1) is 19.2 Å². The Labute approximate surface area is 140 Å². The third kappa shape index (κ3) is 2.56. The summed E-state index contributed by atoms with van der Waals surface area (Å²) in [5, 5.41) is 7.81. The van der Waals surface area contributed by atoms with Crippen molar-refractivity contribution in [3.63, 3.8) is 0 Å². The molecule has 4 rings (SSSR count). The van der Waals surface area contributed by atoms with E-state index in [9.17, 15) is 0 Å². The van der Waals surface area contributed by atoms with Crippen LogP contribution in [0.2, 0.25) is 0 Å². The van der Waals surface area contributed by atoms with Crippen LogP contribution in [0, 0.1) is 0 Å². The van der Waals surface area contributed by atoms with Gasteiger partial charge in [0.15, 0.2) is 0 Å². The molecule has 1 aliphatic rings. The van der Waals surface area contributed by atoms with Gasteiger partial charge >= 0.3 is 0 Å². The highest BCUT2D eigenvalue weighted by molar-refractivity contribution is 5.43. The number of hydrogen-bond acceptors (Lipinski definition) is 5. The van der Waals surface area contributed by atoms with Gasteiger partial charge in [-0.3, -0.25) is 0 Å². The molecule has 0 aliphatic carbocycles. The smallest absolute Gasteiger partial charge is 0.241 e. The van der Waals surface area contributed by atoms with Crippen LogP contribution in [0.4, 0.5) is 11.9 Å². The molecule has 2 heterocycles. The van der Waals surface area contributed by atoms with Crippen molar-refractivity contribution in [3.8, 4) is 5.75 Å². The van der Waals surface area contributed by atoms with E-state index >= 15 is 0 Å². The van der Waals surface area contributed by atoms with Gasteiger partial charge in [0, 0.05) is 0 Å². The molecular formula is C18H19N5O. The van der Waals surface area contributed by atoms with E-state index in [1.54, 1.807) is 7.11 Å². The Morgan fingerprint density at radius 3 is 2.71 bits per heavy atom. The molecule has 2 atom stereocenters. The second-order valence-corrected chi connectivity index (χ2v) is 5.87. The maximum Gasteiger partial charge on any atom is 0.241 e. The normalized spacial score (nSPS) is 19.4. The second-order valence-electron chi connectivity index (χ2n) is 5.87. The van der Waals surface area contributed by atoms with E-state index in [2.05, 4.69) is 39.7 Å². The molecule has 3 aromatic rings. The first-order chi connectivity index (χ1) is 11.7. The Morgan fingerprint density at radius 1 is 1.12 bits per heavy atom. The van der Waals surface area contributed by atoms with Crippen LogP contribution < -0.4 is 15.8 Å². The van der Waals surface area contributed by atoms with Gasteiger partial charge in [0.25, 0.3) is 0 Å². The molecular weight excluding hydrogens is 302 g/mol. The molecule has 0 fully saturated rings. The lowest BCUT2D eigenvalue weighted by atomic mass is 9.93. The number of nitrogens with zero attached hydrogens (tertiary/aromatic N) is 3. The van der Waals surface area contributed by atoms with Crippen LogP contribution in [0.5, 0.6) is 5.75 Å². The number of benzene rings is 2. The zero-order chi connectivity index (χ0) is 16.5. The van der Waals surface area contributed by atoms with Crippen molar-refractivity contribution in [1.82, 2.24) is 14.8 Å². The number of fused-ring (bicyclic) bond motifs is 1. The summed E-state index contributed by atoms with van der Waals surface area (Å²) in [6, 6.07) is 18.6. The third-order valence-corrected chi connectivity index (χ3v) is 4.39. The van der Waals surface area contributed by atoms with E-state index in [0.717, 1.165) is 17.7 Å². The predicted molar refractivity (Wildman–Crippen MR) is 93.0 cm³/mol. The van der Waals surface area contributed by atoms with E-state index < -0.39 is 0 Å². The van der Waals surface area contributed by atoms with Crippen molar-refractivity contribution in [2.24, 2.45) is 0 Å². The summed E-state index contributed by atoms with van der Waals surface area (Å²) in [4.78, 5) is 4.33. The average molecular weight is 321 g/mol. The number of anilines is 2.